The molecule has 2 rings (SSSR count). The summed E-state index contributed by atoms with van der Waals surface area (Å²) < 4.78 is 13.8. The molecule has 0 bridgehead atoms. The third kappa shape index (κ3) is 3.19. The fraction of sp³-hybridized carbons (Fsp3) is 0.0769. The quantitative estimate of drug-likeness (QED) is 0.617. The van der Waals surface area contributed by atoms with E-state index in [0.717, 1.165) is 10.5 Å². The summed E-state index contributed by atoms with van der Waals surface area (Å²) in [5.74, 6) is 0.344. The first kappa shape index (κ1) is 13.7. The van der Waals surface area contributed by atoms with Gasteiger partial charge in [0.25, 0.3) is 0 Å². The molecule has 0 aliphatic rings. The van der Waals surface area contributed by atoms with Crippen LogP contribution in [0.2, 0.25) is 5.02 Å². The second kappa shape index (κ2) is 5.95. The van der Waals surface area contributed by atoms with Gasteiger partial charge in [0.2, 0.25) is 0 Å². The third-order valence-electron chi connectivity index (χ3n) is 2.39. The first-order valence-electron chi connectivity index (χ1n) is 5.18. The molecule has 94 valence electrons. The van der Waals surface area contributed by atoms with Crippen LogP contribution in [0.25, 0.3) is 0 Å². The molecule has 18 heavy (non-hydrogen) atoms. The molecule has 0 spiro atoms. The van der Waals surface area contributed by atoms with Gasteiger partial charge >= 0.3 is 0 Å². The molecule has 2 aromatic carbocycles. The molecule has 0 aliphatic heterocycles. The van der Waals surface area contributed by atoms with Crippen LogP contribution in [-0.2, 0) is 5.75 Å². The Morgan fingerprint density at radius 2 is 2.00 bits per heavy atom. The molecule has 0 fully saturated rings. The highest BCUT2D eigenvalue weighted by atomic mass is 79.9. The lowest BCUT2D eigenvalue weighted by atomic mass is 10.2. The lowest BCUT2D eigenvalue weighted by Crippen LogP contribution is -1.92. The van der Waals surface area contributed by atoms with Crippen molar-refractivity contribution in [3.05, 3.63) is 57.3 Å². The molecule has 0 aromatic heterocycles. The number of thioether (sulfide) groups is 1. The van der Waals surface area contributed by atoms with Gasteiger partial charge in [0.1, 0.15) is 5.82 Å². The number of benzene rings is 2. The number of hydrogen-bond acceptors (Lipinski definition) is 2. The normalized spacial score (nSPS) is 10.6. The Morgan fingerprint density at radius 3 is 2.72 bits per heavy atom. The molecule has 0 saturated heterocycles. The summed E-state index contributed by atoms with van der Waals surface area (Å²) in [4.78, 5) is 0.718. The van der Waals surface area contributed by atoms with Gasteiger partial charge < -0.3 is 5.73 Å². The van der Waals surface area contributed by atoms with Gasteiger partial charge in [-0.2, -0.15) is 0 Å². The van der Waals surface area contributed by atoms with Crippen molar-refractivity contribution < 1.29 is 4.39 Å². The first-order chi connectivity index (χ1) is 8.58. The molecule has 0 aliphatic carbocycles. The van der Waals surface area contributed by atoms with E-state index < -0.39 is 0 Å². The molecule has 2 aromatic rings. The predicted octanol–water partition coefficient (Wildman–Crippen LogP) is 5.12. The second-order valence-electron chi connectivity index (χ2n) is 3.68. The Morgan fingerprint density at radius 1 is 1.28 bits per heavy atom. The van der Waals surface area contributed by atoms with Crippen LogP contribution in [0.4, 0.5) is 10.1 Å². The Labute approximate surface area is 123 Å². The molecule has 0 amide bonds. The minimum atomic E-state index is -0.314. The van der Waals surface area contributed by atoms with E-state index in [1.54, 1.807) is 6.07 Å². The molecule has 1 nitrogen and oxygen atoms in total. The number of nitrogen functional groups attached to an aromatic ring is 1. The van der Waals surface area contributed by atoms with E-state index in [2.05, 4.69) is 15.9 Å². The third-order valence-corrected chi connectivity index (χ3v) is 4.49. The number of anilines is 1. The average Bonchev–Trinajstić information content (AvgIpc) is 2.34. The molecule has 2 N–H and O–H groups in total. The summed E-state index contributed by atoms with van der Waals surface area (Å²) in [5.41, 5.74) is 7.40. The number of rotatable bonds is 3. The standard InChI is InChI=1S/C13H10BrClFNS/c14-9-5-12(17)13(6-11(9)16)18-7-8-3-1-2-4-10(8)15/h1-6H,7,17H2. The fourth-order valence-electron chi connectivity index (χ4n) is 1.44. The molecule has 0 radical (unpaired) electrons. The van der Waals surface area contributed by atoms with E-state index in [1.807, 2.05) is 24.3 Å². The molecule has 0 atom stereocenters. The van der Waals surface area contributed by atoms with Crippen LogP contribution in [-0.4, -0.2) is 0 Å². The van der Waals surface area contributed by atoms with Gasteiger partial charge in [0, 0.05) is 21.4 Å². The first-order valence-corrected chi connectivity index (χ1v) is 7.34. The Bertz CT molecular complexity index is 577. The second-order valence-corrected chi connectivity index (χ2v) is 5.96. The predicted molar refractivity (Wildman–Crippen MR) is 79.5 cm³/mol. The van der Waals surface area contributed by atoms with Crippen LogP contribution in [0.5, 0.6) is 0 Å². The maximum absolute atomic E-state index is 13.4. The highest BCUT2D eigenvalue weighted by Crippen LogP contribution is 2.33. The van der Waals surface area contributed by atoms with Crippen LogP contribution in [0.1, 0.15) is 5.56 Å². The summed E-state index contributed by atoms with van der Waals surface area (Å²) >= 11 is 10.6. The summed E-state index contributed by atoms with van der Waals surface area (Å²) in [7, 11) is 0. The van der Waals surface area contributed by atoms with Crippen molar-refractivity contribution >= 4 is 45.0 Å². The molecule has 0 unspecified atom stereocenters. The van der Waals surface area contributed by atoms with Crippen LogP contribution >= 0.6 is 39.3 Å². The van der Waals surface area contributed by atoms with E-state index in [-0.39, 0.29) is 5.82 Å². The van der Waals surface area contributed by atoms with E-state index in [0.29, 0.717) is 20.9 Å². The fourth-order valence-corrected chi connectivity index (χ4v) is 3.06. The molecular weight excluding hydrogens is 337 g/mol. The van der Waals surface area contributed by atoms with Crippen LogP contribution in [0, 0.1) is 5.82 Å². The van der Waals surface area contributed by atoms with Crippen molar-refractivity contribution in [1.82, 2.24) is 0 Å². The van der Waals surface area contributed by atoms with Crippen molar-refractivity contribution in [2.24, 2.45) is 0 Å². The zero-order valence-electron chi connectivity index (χ0n) is 9.29. The van der Waals surface area contributed by atoms with Crippen LogP contribution in [0.3, 0.4) is 0 Å². The van der Waals surface area contributed by atoms with Gasteiger partial charge in [-0.1, -0.05) is 29.8 Å². The number of halogens is 3. The van der Waals surface area contributed by atoms with Gasteiger partial charge in [-0.15, -0.1) is 11.8 Å². The summed E-state index contributed by atoms with van der Waals surface area (Å²) in [6.45, 7) is 0. The van der Waals surface area contributed by atoms with E-state index in [1.165, 1.54) is 17.8 Å². The van der Waals surface area contributed by atoms with Crippen molar-refractivity contribution in [2.45, 2.75) is 10.6 Å². The smallest absolute Gasteiger partial charge is 0.138 e. The van der Waals surface area contributed by atoms with Crippen molar-refractivity contribution in [3.63, 3.8) is 0 Å². The van der Waals surface area contributed by atoms with E-state index in [4.69, 9.17) is 17.3 Å². The summed E-state index contributed by atoms with van der Waals surface area (Å²) in [5, 5.41) is 0.709. The highest BCUT2D eigenvalue weighted by molar-refractivity contribution is 9.10. The van der Waals surface area contributed by atoms with E-state index in [9.17, 15) is 4.39 Å². The SMILES string of the molecule is Nc1cc(Br)c(F)cc1SCc1ccccc1Cl. The largest absolute Gasteiger partial charge is 0.398 e. The summed E-state index contributed by atoms with van der Waals surface area (Å²) in [6.07, 6.45) is 0. The van der Waals surface area contributed by atoms with E-state index >= 15 is 0 Å². The van der Waals surface area contributed by atoms with Crippen molar-refractivity contribution in [2.75, 3.05) is 5.73 Å². The average molecular weight is 347 g/mol. The Kier molecular flexibility index (Phi) is 4.54. The Balaban J connectivity index is 2.16. The van der Waals surface area contributed by atoms with Gasteiger partial charge in [-0.25, -0.2) is 4.39 Å². The maximum atomic E-state index is 13.4. The topological polar surface area (TPSA) is 26.0 Å². The van der Waals surface area contributed by atoms with Gasteiger partial charge in [-0.05, 0) is 39.7 Å². The molecular formula is C13H10BrClFNS. The zero-order chi connectivity index (χ0) is 13.1. The lowest BCUT2D eigenvalue weighted by molar-refractivity contribution is 0.618. The van der Waals surface area contributed by atoms with Gasteiger partial charge in [0.05, 0.1) is 4.47 Å². The van der Waals surface area contributed by atoms with Crippen molar-refractivity contribution in [3.8, 4) is 0 Å². The number of hydrogen-bond donors (Lipinski definition) is 1. The van der Waals surface area contributed by atoms with Gasteiger partial charge in [-0.3, -0.25) is 0 Å². The monoisotopic (exact) mass is 345 g/mol. The minimum Gasteiger partial charge on any atom is -0.398 e. The minimum absolute atomic E-state index is 0.314. The molecule has 5 heteroatoms. The maximum Gasteiger partial charge on any atom is 0.138 e. The lowest BCUT2D eigenvalue weighted by Gasteiger charge is -2.08. The van der Waals surface area contributed by atoms with Crippen LogP contribution in [0.15, 0.2) is 45.8 Å². The highest BCUT2D eigenvalue weighted by Gasteiger charge is 2.07. The summed E-state index contributed by atoms with van der Waals surface area (Å²) in [6, 6.07) is 10.6. The van der Waals surface area contributed by atoms with Crippen LogP contribution < -0.4 is 5.73 Å². The number of nitrogens with two attached hydrogens (primary N) is 1. The molecule has 0 heterocycles. The zero-order valence-corrected chi connectivity index (χ0v) is 12.4. The Hall–Kier alpha value is -0.710. The van der Waals surface area contributed by atoms with Gasteiger partial charge in [0.15, 0.2) is 0 Å². The molecule has 0 saturated carbocycles. The van der Waals surface area contributed by atoms with Crippen molar-refractivity contribution in [1.29, 1.82) is 0 Å².